The Morgan fingerprint density at radius 3 is 2.76 bits per heavy atom. The number of nitrogens with one attached hydrogen (secondary N) is 1. The minimum Gasteiger partial charge on any atom is -0.481 e. The largest absolute Gasteiger partial charge is 0.481 e. The summed E-state index contributed by atoms with van der Waals surface area (Å²) in [7, 11) is 0. The molecule has 120 valence electrons. The van der Waals surface area contributed by atoms with Gasteiger partial charge in [-0.2, -0.15) is 0 Å². The number of nitrogens with zero attached hydrogens (tertiary/aromatic N) is 2. The number of amides is 1. The smallest absolute Gasteiger partial charge is 0.311 e. The predicted octanol–water partition coefficient (Wildman–Crippen LogP) is 0.385. The number of hydrogen-bond donors (Lipinski definition) is 2. The van der Waals surface area contributed by atoms with Gasteiger partial charge in [-0.1, -0.05) is 13.3 Å². The Hall–Kier alpha value is -1.14. The number of carbonyl (C=O) groups excluding carboxylic acids is 1. The van der Waals surface area contributed by atoms with Gasteiger partial charge >= 0.3 is 5.97 Å². The third-order valence-corrected chi connectivity index (χ3v) is 4.68. The molecule has 2 aliphatic rings. The first kappa shape index (κ1) is 16.2. The summed E-state index contributed by atoms with van der Waals surface area (Å²) in [5, 5.41) is 12.8. The Morgan fingerprint density at radius 1 is 1.24 bits per heavy atom. The highest BCUT2D eigenvalue weighted by Crippen LogP contribution is 2.35. The lowest BCUT2D eigenvalue weighted by Gasteiger charge is -2.26. The van der Waals surface area contributed by atoms with Crippen molar-refractivity contribution in [2.45, 2.75) is 32.6 Å². The molecule has 0 saturated carbocycles. The number of carbonyl (C=O) groups is 2. The summed E-state index contributed by atoms with van der Waals surface area (Å²) < 4.78 is 0. The topological polar surface area (TPSA) is 72.9 Å². The van der Waals surface area contributed by atoms with Gasteiger partial charge in [0, 0.05) is 26.2 Å². The van der Waals surface area contributed by atoms with Gasteiger partial charge in [-0.25, -0.2) is 0 Å². The summed E-state index contributed by atoms with van der Waals surface area (Å²) in [6.45, 7) is 7.13. The summed E-state index contributed by atoms with van der Waals surface area (Å²) in [5.74, 6) is -0.672. The van der Waals surface area contributed by atoms with Crippen LogP contribution in [0.25, 0.3) is 0 Å². The third-order valence-electron chi connectivity index (χ3n) is 4.68. The van der Waals surface area contributed by atoms with E-state index in [1.807, 2.05) is 6.92 Å². The molecule has 1 atom stereocenters. The predicted molar refractivity (Wildman–Crippen MR) is 80.1 cm³/mol. The monoisotopic (exact) mass is 297 g/mol. The average Bonchev–Trinajstić information content (AvgIpc) is 2.72. The number of rotatable bonds is 5. The molecule has 2 heterocycles. The van der Waals surface area contributed by atoms with E-state index in [9.17, 15) is 14.7 Å². The molecule has 6 nitrogen and oxygen atoms in total. The van der Waals surface area contributed by atoms with Crippen molar-refractivity contribution in [1.29, 1.82) is 0 Å². The quantitative estimate of drug-likeness (QED) is 0.768. The fraction of sp³-hybridized carbons (Fsp3) is 0.867. The molecule has 0 aromatic carbocycles. The van der Waals surface area contributed by atoms with Crippen molar-refractivity contribution in [2.75, 3.05) is 45.8 Å². The highest BCUT2D eigenvalue weighted by Gasteiger charge is 2.45. The summed E-state index contributed by atoms with van der Waals surface area (Å²) in [6.07, 6.45) is 3.14. The SMILES string of the molecule is CCCC1(C(=O)O)CCN(C(=O)CN2CCCNCC2)C1. The van der Waals surface area contributed by atoms with Crippen LogP contribution in [0.5, 0.6) is 0 Å². The van der Waals surface area contributed by atoms with Crippen molar-refractivity contribution in [3.63, 3.8) is 0 Å². The molecule has 6 heteroatoms. The first-order valence-electron chi connectivity index (χ1n) is 8.02. The maximum absolute atomic E-state index is 12.4. The van der Waals surface area contributed by atoms with E-state index in [-0.39, 0.29) is 5.91 Å². The minimum absolute atomic E-state index is 0.0797. The van der Waals surface area contributed by atoms with Gasteiger partial charge in [0.1, 0.15) is 0 Å². The summed E-state index contributed by atoms with van der Waals surface area (Å²) in [4.78, 5) is 27.9. The number of aliphatic carboxylic acids is 1. The average molecular weight is 297 g/mol. The van der Waals surface area contributed by atoms with Gasteiger partial charge in [0.25, 0.3) is 0 Å². The van der Waals surface area contributed by atoms with E-state index in [2.05, 4.69) is 10.2 Å². The number of hydrogen-bond acceptors (Lipinski definition) is 4. The van der Waals surface area contributed by atoms with Crippen LogP contribution in [0.15, 0.2) is 0 Å². The van der Waals surface area contributed by atoms with E-state index < -0.39 is 11.4 Å². The van der Waals surface area contributed by atoms with Crippen LogP contribution in [-0.4, -0.2) is 72.6 Å². The van der Waals surface area contributed by atoms with Gasteiger partial charge in [-0.05, 0) is 32.4 Å². The van der Waals surface area contributed by atoms with Crippen molar-refractivity contribution in [3.8, 4) is 0 Å². The summed E-state index contributed by atoms with van der Waals surface area (Å²) in [6, 6.07) is 0. The molecule has 21 heavy (non-hydrogen) atoms. The molecule has 2 aliphatic heterocycles. The molecule has 0 radical (unpaired) electrons. The van der Waals surface area contributed by atoms with Gasteiger partial charge in [-0.15, -0.1) is 0 Å². The molecule has 2 saturated heterocycles. The zero-order chi connectivity index (χ0) is 15.3. The molecule has 0 aromatic rings. The molecule has 1 unspecified atom stereocenters. The van der Waals surface area contributed by atoms with Gasteiger partial charge in [-0.3, -0.25) is 14.5 Å². The molecule has 0 spiro atoms. The van der Waals surface area contributed by atoms with Crippen LogP contribution in [0.2, 0.25) is 0 Å². The second-order valence-electron chi connectivity index (χ2n) is 6.28. The van der Waals surface area contributed by atoms with Crippen molar-refractivity contribution >= 4 is 11.9 Å². The van der Waals surface area contributed by atoms with Crippen LogP contribution in [0.1, 0.15) is 32.6 Å². The van der Waals surface area contributed by atoms with Crippen molar-refractivity contribution < 1.29 is 14.7 Å². The maximum atomic E-state index is 12.4. The first-order chi connectivity index (χ1) is 10.1. The van der Waals surface area contributed by atoms with E-state index in [1.165, 1.54) is 0 Å². The maximum Gasteiger partial charge on any atom is 0.311 e. The molecule has 1 amide bonds. The molecule has 2 rings (SSSR count). The molecule has 2 N–H and O–H groups in total. The third kappa shape index (κ3) is 3.95. The summed E-state index contributed by atoms with van der Waals surface area (Å²) in [5.41, 5.74) is -0.718. The number of carboxylic acids is 1. The molecule has 0 aliphatic carbocycles. The highest BCUT2D eigenvalue weighted by molar-refractivity contribution is 5.81. The van der Waals surface area contributed by atoms with Gasteiger partial charge in [0.2, 0.25) is 5.91 Å². The molecule has 0 bridgehead atoms. The van der Waals surface area contributed by atoms with Gasteiger partial charge in [0.15, 0.2) is 0 Å². The van der Waals surface area contributed by atoms with Crippen LogP contribution < -0.4 is 5.32 Å². The van der Waals surface area contributed by atoms with Crippen LogP contribution in [0.4, 0.5) is 0 Å². The van der Waals surface area contributed by atoms with Crippen LogP contribution in [0.3, 0.4) is 0 Å². The molecular formula is C15H27N3O3. The lowest BCUT2D eigenvalue weighted by molar-refractivity contribution is -0.149. The van der Waals surface area contributed by atoms with Crippen molar-refractivity contribution in [3.05, 3.63) is 0 Å². The minimum atomic E-state index is -0.751. The number of likely N-dealkylation sites (tertiary alicyclic amines) is 1. The van der Waals surface area contributed by atoms with Crippen molar-refractivity contribution in [2.24, 2.45) is 5.41 Å². The Kier molecular flexibility index (Phi) is 5.58. The van der Waals surface area contributed by atoms with Crippen molar-refractivity contribution in [1.82, 2.24) is 15.1 Å². The highest BCUT2D eigenvalue weighted by atomic mass is 16.4. The Labute approximate surface area is 126 Å². The zero-order valence-electron chi connectivity index (χ0n) is 12.9. The molecule has 2 fully saturated rings. The Balaban J connectivity index is 1.90. The van der Waals surface area contributed by atoms with Gasteiger partial charge in [0.05, 0.1) is 12.0 Å². The number of carboxylic acid groups (broad SMARTS) is 1. The van der Waals surface area contributed by atoms with E-state index >= 15 is 0 Å². The second-order valence-corrected chi connectivity index (χ2v) is 6.28. The Bertz CT molecular complexity index is 380. The summed E-state index contributed by atoms with van der Waals surface area (Å²) >= 11 is 0. The van der Waals surface area contributed by atoms with E-state index in [4.69, 9.17) is 0 Å². The van der Waals surface area contributed by atoms with E-state index in [0.717, 1.165) is 39.0 Å². The Morgan fingerprint density at radius 2 is 2.05 bits per heavy atom. The van der Waals surface area contributed by atoms with Crippen LogP contribution >= 0.6 is 0 Å². The lowest BCUT2D eigenvalue weighted by atomic mass is 9.83. The molecular weight excluding hydrogens is 270 g/mol. The normalized spacial score (nSPS) is 27.6. The first-order valence-corrected chi connectivity index (χ1v) is 8.02. The van der Waals surface area contributed by atoms with Crippen LogP contribution in [-0.2, 0) is 9.59 Å². The fourth-order valence-corrected chi connectivity index (χ4v) is 3.40. The lowest BCUT2D eigenvalue weighted by Crippen LogP contribution is -2.42. The standard InChI is InChI=1S/C15H27N3O3/c1-2-4-15(14(20)21)5-9-18(12-15)13(19)11-17-8-3-6-16-7-10-17/h16H,2-12H2,1H3,(H,20,21). The fourth-order valence-electron chi connectivity index (χ4n) is 3.40. The van der Waals surface area contributed by atoms with E-state index in [1.54, 1.807) is 4.90 Å². The molecule has 0 aromatic heterocycles. The van der Waals surface area contributed by atoms with Gasteiger partial charge < -0.3 is 15.3 Å². The van der Waals surface area contributed by atoms with E-state index in [0.29, 0.717) is 32.5 Å². The van der Waals surface area contributed by atoms with Crippen LogP contribution in [0, 0.1) is 5.41 Å². The second kappa shape index (κ2) is 7.22. The zero-order valence-corrected chi connectivity index (χ0v) is 12.9.